The average Bonchev–Trinajstić information content (AvgIpc) is 2.82. The van der Waals surface area contributed by atoms with Crippen LogP contribution in [0.3, 0.4) is 0 Å². The molecule has 9 N–H and O–H groups in total. The van der Waals surface area contributed by atoms with Crippen LogP contribution in [-0.4, -0.2) is 93.2 Å². The molecule has 0 bridgehead atoms. The van der Waals surface area contributed by atoms with Crippen molar-refractivity contribution in [2.45, 2.75) is 64.7 Å². The Morgan fingerprint density at radius 2 is 0.882 bits per heavy atom. The molecular formula is C23H50N8O3. The van der Waals surface area contributed by atoms with Crippen LogP contribution in [0, 0.1) is 0 Å². The summed E-state index contributed by atoms with van der Waals surface area (Å²) in [5, 5.41) is 8.73. The van der Waals surface area contributed by atoms with Gasteiger partial charge in [0, 0.05) is 52.7 Å². The van der Waals surface area contributed by atoms with Crippen molar-refractivity contribution in [3.8, 4) is 0 Å². The number of nitrogens with zero attached hydrogens (tertiary/aromatic N) is 2. The van der Waals surface area contributed by atoms with E-state index in [-0.39, 0.29) is 18.0 Å². The van der Waals surface area contributed by atoms with Gasteiger partial charge in [-0.15, -0.1) is 0 Å². The van der Waals surface area contributed by atoms with Gasteiger partial charge in [-0.2, -0.15) is 0 Å². The molecule has 0 saturated carbocycles. The van der Waals surface area contributed by atoms with Crippen LogP contribution in [0.25, 0.3) is 0 Å². The van der Waals surface area contributed by atoms with Crippen LogP contribution >= 0.6 is 0 Å². The van der Waals surface area contributed by atoms with Crippen molar-refractivity contribution in [3.05, 3.63) is 0 Å². The molecule has 0 aliphatic heterocycles. The van der Waals surface area contributed by atoms with Gasteiger partial charge >= 0.3 is 12.1 Å². The zero-order valence-electron chi connectivity index (χ0n) is 21.3. The number of rotatable bonds is 21. The van der Waals surface area contributed by atoms with Crippen molar-refractivity contribution in [1.29, 1.82) is 0 Å². The van der Waals surface area contributed by atoms with E-state index in [4.69, 9.17) is 17.2 Å². The predicted molar refractivity (Wildman–Crippen MR) is 137 cm³/mol. The monoisotopic (exact) mass is 486 g/mol. The molecule has 0 aromatic carbocycles. The fourth-order valence-electron chi connectivity index (χ4n) is 3.41. The molecule has 0 aliphatic rings. The standard InChI is InChI=1S/C23H50N8O3/c1-21(32)27-14-5-3-2-4-6-15-28-22(33)31(19-9-13-26)20-10-16-29-23(34)30(17-7-11-24)18-8-12-25/h2-20,24-26H2,1H3,(H,27,32)(H,28,33)(H,29,34). The first-order valence-electron chi connectivity index (χ1n) is 12.9. The molecule has 5 amide bonds. The molecule has 11 nitrogen and oxygen atoms in total. The van der Waals surface area contributed by atoms with E-state index in [0.717, 1.165) is 57.9 Å². The first-order chi connectivity index (χ1) is 16.5. The largest absolute Gasteiger partial charge is 0.356 e. The number of amides is 5. The summed E-state index contributed by atoms with van der Waals surface area (Å²) in [6.07, 6.45) is 8.00. The highest BCUT2D eigenvalue weighted by Crippen LogP contribution is 2.02. The second-order valence-corrected chi connectivity index (χ2v) is 8.47. The van der Waals surface area contributed by atoms with Gasteiger partial charge in [-0.3, -0.25) is 4.79 Å². The van der Waals surface area contributed by atoms with Crippen LogP contribution in [0.5, 0.6) is 0 Å². The molecule has 0 aliphatic carbocycles. The van der Waals surface area contributed by atoms with Gasteiger partial charge in [-0.25, -0.2) is 9.59 Å². The highest BCUT2D eigenvalue weighted by Gasteiger charge is 2.14. The maximum atomic E-state index is 12.6. The van der Waals surface area contributed by atoms with Crippen molar-refractivity contribution in [2.75, 3.05) is 65.4 Å². The van der Waals surface area contributed by atoms with Crippen molar-refractivity contribution in [3.63, 3.8) is 0 Å². The Balaban J connectivity index is 4.17. The van der Waals surface area contributed by atoms with Crippen LogP contribution in [-0.2, 0) is 4.79 Å². The van der Waals surface area contributed by atoms with Gasteiger partial charge in [-0.05, 0) is 58.2 Å². The minimum atomic E-state index is -0.114. The first kappa shape index (κ1) is 31.9. The van der Waals surface area contributed by atoms with Gasteiger partial charge in [0.25, 0.3) is 0 Å². The molecular weight excluding hydrogens is 436 g/mol. The van der Waals surface area contributed by atoms with Crippen LogP contribution in [0.1, 0.15) is 64.7 Å². The third-order valence-corrected chi connectivity index (χ3v) is 5.36. The Morgan fingerprint density at radius 1 is 0.529 bits per heavy atom. The molecule has 0 heterocycles. The molecule has 0 aromatic heterocycles. The summed E-state index contributed by atoms with van der Waals surface area (Å²) in [5.74, 6) is 0.0104. The third kappa shape index (κ3) is 18.3. The van der Waals surface area contributed by atoms with Gasteiger partial charge in [-0.1, -0.05) is 19.3 Å². The molecule has 0 radical (unpaired) electrons. The predicted octanol–water partition coefficient (Wildman–Crippen LogP) is 0.533. The summed E-state index contributed by atoms with van der Waals surface area (Å²) in [6, 6.07) is -0.199. The fourth-order valence-corrected chi connectivity index (χ4v) is 3.41. The van der Waals surface area contributed by atoms with Crippen molar-refractivity contribution < 1.29 is 14.4 Å². The summed E-state index contributed by atoms with van der Waals surface area (Å²) in [7, 11) is 0. The molecule has 0 fully saturated rings. The van der Waals surface area contributed by atoms with Gasteiger partial charge in [0.2, 0.25) is 5.91 Å². The van der Waals surface area contributed by atoms with E-state index in [9.17, 15) is 14.4 Å². The van der Waals surface area contributed by atoms with Crippen molar-refractivity contribution in [1.82, 2.24) is 25.8 Å². The summed E-state index contributed by atoms with van der Waals surface area (Å²) in [5.41, 5.74) is 16.8. The number of hydrogen-bond donors (Lipinski definition) is 6. The molecule has 0 atom stereocenters. The number of carbonyl (C=O) groups excluding carboxylic acids is 3. The molecule has 0 aromatic rings. The number of nitrogens with one attached hydrogen (secondary N) is 3. The molecule has 0 spiro atoms. The van der Waals surface area contributed by atoms with Crippen molar-refractivity contribution >= 4 is 18.0 Å². The Morgan fingerprint density at radius 3 is 1.29 bits per heavy atom. The lowest BCUT2D eigenvalue weighted by Crippen LogP contribution is -2.44. The second kappa shape index (κ2) is 22.7. The normalized spacial score (nSPS) is 10.6. The number of carbonyl (C=O) groups is 3. The van der Waals surface area contributed by atoms with E-state index in [0.29, 0.717) is 65.3 Å². The number of hydrogen-bond acceptors (Lipinski definition) is 6. The Kier molecular flexibility index (Phi) is 21.3. The first-order valence-corrected chi connectivity index (χ1v) is 12.9. The zero-order valence-corrected chi connectivity index (χ0v) is 21.3. The molecule has 0 rings (SSSR count). The highest BCUT2D eigenvalue weighted by molar-refractivity contribution is 5.74. The smallest absolute Gasteiger partial charge is 0.317 e. The van der Waals surface area contributed by atoms with Crippen LogP contribution < -0.4 is 33.2 Å². The molecule has 0 saturated heterocycles. The lowest BCUT2D eigenvalue weighted by atomic mass is 10.1. The van der Waals surface area contributed by atoms with E-state index >= 15 is 0 Å². The minimum absolute atomic E-state index is 0.0104. The van der Waals surface area contributed by atoms with Crippen LogP contribution in [0.15, 0.2) is 0 Å². The Bertz CT molecular complexity index is 528. The van der Waals surface area contributed by atoms with Gasteiger partial charge < -0.3 is 43.0 Å². The maximum absolute atomic E-state index is 12.6. The Hall–Kier alpha value is -2.11. The van der Waals surface area contributed by atoms with E-state index in [1.165, 1.54) is 6.92 Å². The summed E-state index contributed by atoms with van der Waals surface area (Å²) in [4.78, 5) is 39.3. The summed E-state index contributed by atoms with van der Waals surface area (Å²) in [6.45, 7) is 7.36. The SMILES string of the molecule is CC(=O)NCCCCCCCNC(=O)N(CCCN)CCCNC(=O)N(CCCN)CCCN. The molecule has 34 heavy (non-hydrogen) atoms. The lowest BCUT2D eigenvalue weighted by Gasteiger charge is -2.25. The lowest BCUT2D eigenvalue weighted by molar-refractivity contribution is -0.118. The average molecular weight is 487 g/mol. The zero-order chi connectivity index (χ0) is 25.4. The van der Waals surface area contributed by atoms with Gasteiger partial charge in [0.05, 0.1) is 0 Å². The highest BCUT2D eigenvalue weighted by atomic mass is 16.2. The number of unbranched alkanes of at least 4 members (excludes halogenated alkanes) is 4. The number of nitrogens with two attached hydrogens (primary N) is 3. The Labute approximate surface area is 205 Å². The molecule has 0 unspecified atom stereocenters. The van der Waals surface area contributed by atoms with Gasteiger partial charge in [0.1, 0.15) is 0 Å². The quantitative estimate of drug-likeness (QED) is 0.129. The fraction of sp³-hybridized carbons (Fsp3) is 0.870. The van der Waals surface area contributed by atoms with Crippen molar-refractivity contribution in [2.24, 2.45) is 17.2 Å². The topological polar surface area (TPSA) is 172 Å². The third-order valence-electron chi connectivity index (χ3n) is 5.36. The number of urea groups is 2. The van der Waals surface area contributed by atoms with E-state index < -0.39 is 0 Å². The summed E-state index contributed by atoms with van der Waals surface area (Å²) < 4.78 is 0. The minimum Gasteiger partial charge on any atom is -0.356 e. The molecule has 200 valence electrons. The molecule has 11 heteroatoms. The van der Waals surface area contributed by atoms with Crippen LogP contribution in [0.2, 0.25) is 0 Å². The van der Waals surface area contributed by atoms with Crippen LogP contribution in [0.4, 0.5) is 9.59 Å². The van der Waals surface area contributed by atoms with Gasteiger partial charge in [0.15, 0.2) is 0 Å². The summed E-state index contributed by atoms with van der Waals surface area (Å²) >= 11 is 0. The second-order valence-electron chi connectivity index (χ2n) is 8.47. The van der Waals surface area contributed by atoms with E-state index in [1.54, 1.807) is 9.80 Å². The maximum Gasteiger partial charge on any atom is 0.317 e. The van der Waals surface area contributed by atoms with E-state index in [2.05, 4.69) is 16.0 Å². The van der Waals surface area contributed by atoms with E-state index in [1.807, 2.05) is 0 Å².